The molecule has 0 aromatic heterocycles. The minimum Gasteiger partial charge on any atom is -0.496 e. The van der Waals surface area contributed by atoms with Crippen molar-refractivity contribution in [3.63, 3.8) is 0 Å². The van der Waals surface area contributed by atoms with Crippen molar-refractivity contribution in [3.8, 4) is 5.75 Å². The highest BCUT2D eigenvalue weighted by Crippen LogP contribution is 2.21. The van der Waals surface area contributed by atoms with Crippen LogP contribution in [0.5, 0.6) is 5.75 Å². The molecule has 2 amide bonds. The van der Waals surface area contributed by atoms with Gasteiger partial charge in [0.1, 0.15) is 5.75 Å². The van der Waals surface area contributed by atoms with Gasteiger partial charge >= 0.3 is 0 Å². The van der Waals surface area contributed by atoms with Crippen molar-refractivity contribution >= 4 is 11.8 Å². The van der Waals surface area contributed by atoms with Crippen molar-refractivity contribution in [3.05, 3.63) is 29.3 Å². The Labute approximate surface area is 111 Å². The number of ether oxygens (including phenoxy) is 1. The molecule has 0 unspecified atom stereocenters. The summed E-state index contributed by atoms with van der Waals surface area (Å²) in [6, 6.07) is 5.69. The summed E-state index contributed by atoms with van der Waals surface area (Å²) in [5, 5.41) is 2.28. The maximum Gasteiger partial charge on any atom is 0.240 e. The third-order valence-electron chi connectivity index (χ3n) is 2.99. The predicted octanol–water partition coefficient (Wildman–Crippen LogP) is -0.388. The molecule has 2 rings (SSSR count). The smallest absolute Gasteiger partial charge is 0.240 e. The van der Waals surface area contributed by atoms with Crippen molar-refractivity contribution in [1.29, 1.82) is 0 Å². The number of carbonyl (C=O) groups is 2. The Bertz CT molecular complexity index is 486. The molecule has 0 radical (unpaired) electrons. The zero-order valence-electron chi connectivity index (χ0n) is 10.8. The van der Waals surface area contributed by atoms with Gasteiger partial charge in [-0.05, 0) is 17.7 Å². The Kier molecular flexibility index (Phi) is 4.13. The first-order valence-corrected chi connectivity index (χ1v) is 6.03. The van der Waals surface area contributed by atoms with Crippen LogP contribution < -0.4 is 15.8 Å². The average molecular weight is 263 g/mol. The van der Waals surface area contributed by atoms with Gasteiger partial charge in [0.25, 0.3) is 0 Å². The van der Waals surface area contributed by atoms with E-state index in [1.807, 2.05) is 18.2 Å². The summed E-state index contributed by atoms with van der Waals surface area (Å²) in [5.74, 6) is 0.186. The molecule has 0 bridgehead atoms. The third-order valence-corrected chi connectivity index (χ3v) is 2.99. The fraction of sp³-hybridized carbons (Fsp3) is 0.385. The van der Waals surface area contributed by atoms with Gasteiger partial charge in [-0.15, -0.1) is 0 Å². The molecule has 0 atom stereocenters. The summed E-state index contributed by atoms with van der Waals surface area (Å²) < 4.78 is 5.29. The Balaban J connectivity index is 2.17. The molecule has 1 aliphatic heterocycles. The van der Waals surface area contributed by atoms with E-state index in [4.69, 9.17) is 10.5 Å². The number of nitrogens with one attached hydrogen (secondary N) is 1. The Morgan fingerprint density at radius 2 is 2.00 bits per heavy atom. The zero-order valence-corrected chi connectivity index (χ0v) is 10.8. The van der Waals surface area contributed by atoms with E-state index in [1.165, 1.54) is 0 Å². The number of methoxy groups -OCH3 is 1. The number of carbonyl (C=O) groups excluding carboxylic acids is 2. The van der Waals surface area contributed by atoms with Crippen LogP contribution in [-0.4, -0.2) is 36.9 Å². The van der Waals surface area contributed by atoms with Crippen LogP contribution in [0.2, 0.25) is 0 Å². The second-order valence-electron chi connectivity index (χ2n) is 4.47. The lowest BCUT2D eigenvalue weighted by Crippen LogP contribution is -2.50. The molecule has 1 saturated heterocycles. The van der Waals surface area contributed by atoms with Gasteiger partial charge in [0, 0.05) is 18.7 Å². The first-order valence-electron chi connectivity index (χ1n) is 6.03. The van der Waals surface area contributed by atoms with Crippen LogP contribution in [0, 0.1) is 0 Å². The number of hydrogen-bond acceptors (Lipinski definition) is 5. The quantitative estimate of drug-likeness (QED) is 0.723. The number of piperazine rings is 1. The van der Waals surface area contributed by atoms with Crippen LogP contribution in [0.1, 0.15) is 11.1 Å². The van der Waals surface area contributed by atoms with Gasteiger partial charge in [-0.2, -0.15) is 0 Å². The lowest BCUT2D eigenvalue weighted by atomic mass is 10.1. The van der Waals surface area contributed by atoms with E-state index in [0.717, 1.165) is 16.9 Å². The minimum absolute atomic E-state index is 0.210. The number of imide groups is 1. The summed E-state index contributed by atoms with van der Waals surface area (Å²) in [4.78, 5) is 24.4. The number of hydrogen-bond donors (Lipinski definition) is 2. The maximum atomic E-state index is 11.3. The molecule has 0 aliphatic carbocycles. The monoisotopic (exact) mass is 263 g/mol. The maximum absolute atomic E-state index is 11.3. The van der Waals surface area contributed by atoms with E-state index in [1.54, 1.807) is 12.0 Å². The first kappa shape index (κ1) is 13.5. The summed E-state index contributed by atoms with van der Waals surface area (Å²) in [6.07, 6.45) is 0. The summed E-state index contributed by atoms with van der Waals surface area (Å²) in [5.41, 5.74) is 7.53. The second kappa shape index (κ2) is 5.81. The molecule has 19 heavy (non-hydrogen) atoms. The lowest BCUT2D eigenvalue weighted by molar-refractivity contribution is -0.136. The zero-order chi connectivity index (χ0) is 13.8. The molecule has 102 valence electrons. The number of rotatable bonds is 4. The molecule has 1 aromatic carbocycles. The minimum atomic E-state index is -0.273. The first-order chi connectivity index (χ1) is 9.12. The van der Waals surface area contributed by atoms with Crippen molar-refractivity contribution < 1.29 is 14.3 Å². The Morgan fingerprint density at radius 1 is 1.32 bits per heavy atom. The van der Waals surface area contributed by atoms with E-state index in [9.17, 15) is 9.59 Å². The molecule has 1 heterocycles. The highest BCUT2D eigenvalue weighted by Gasteiger charge is 2.23. The van der Waals surface area contributed by atoms with Gasteiger partial charge in [-0.1, -0.05) is 6.07 Å². The molecule has 1 fully saturated rings. The highest BCUT2D eigenvalue weighted by atomic mass is 16.5. The van der Waals surface area contributed by atoms with Gasteiger partial charge in [0.2, 0.25) is 11.8 Å². The highest BCUT2D eigenvalue weighted by molar-refractivity contribution is 5.99. The van der Waals surface area contributed by atoms with Gasteiger partial charge < -0.3 is 10.5 Å². The summed E-state index contributed by atoms with van der Waals surface area (Å²) >= 11 is 0. The number of amides is 2. The van der Waals surface area contributed by atoms with Crippen LogP contribution in [0.4, 0.5) is 0 Å². The van der Waals surface area contributed by atoms with Gasteiger partial charge in [-0.3, -0.25) is 19.8 Å². The molecule has 6 heteroatoms. The number of benzene rings is 1. The molecule has 1 aliphatic rings. The molecule has 6 nitrogen and oxygen atoms in total. The predicted molar refractivity (Wildman–Crippen MR) is 69.3 cm³/mol. The third kappa shape index (κ3) is 3.30. The van der Waals surface area contributed by atoms with Crippen LogP contribution in [0.3, 0.4) is 0 Å². The van der Waals surface area contributed by atoms with Crippen molar-refractivity contribution in [2.75, 3.05) is 20.2 Å². The van der Waals surface area contributed by atoms with E-state index in [0.29, 0.717) is 13.1 Å². The van der Waals surface area contributed by atoms with Crippen LogP contribution in [-0.2, 0) is 22.7 Å². The summed E-state index contributed by atoms with van der Waals surface area (Å²) in [6.45, 7) is 1.34. The van der Waals surface area contributed by atoms with Crippen LogP contribution in [0.15, 0.2) is 18.2 Å². The Morgan fingerprint density at radius 3 is 2.58 bits per heavy atom. The van der Waals surface area contributed by atoms with Crippen molar-refractivity contribution in [1.82, 2.24) is 10.2 Å². The van der Waals surface area contributed by atoms with E-state index >= 15 is 0 Å². The second-order valence-corrected chi connectivity index (χ2v) is 4.47. The van der Waals surface area contributed by atoms with E-state index in [2.05, 4.69) is 5.32 Å². The lowest BCUT2D eigenvalue weighted by Gasteiger charge is -2.26. The average Bonchev–Trinajstić information content (AvgIpc) is 2.37. The molecule has 0 spiro atoms. The fourth-order valence-corrected chi connectivity index (χ4v) is 2.13. The normalized spacial score (nSPS) is 16.3. The number of nitrogens with zero attached hydrogens (tertiary/aromatic N) is 1. The van der Waals surface area contributed by atoms with Gasteiger partial charge in [0.15, 0.2) is 0 Å². The van der Waals surface area contributed by atoms with E-state index in [-0.39, 0.29) is 24.9 Å². The number of nitrogens with two attached hydrogens (primary N) is 1. The standard InChI is InChI=1S/C13H17N3O3/c1-19-11-3-2-9(5-14)4-10(11)6-16-7-12(17)15-13(18)8-16/h2-4H,5-8,14H2,1H3,(H,15,17,18). The topological polar surface area (TPSA) is 84.7 Å². The molecular weight excluding hydrogens is 246 g/mol. The Hall–Kier alpha value is -1.92. The largest absolute Gasteiger partial charge is 0.496 e. The SMILES string of the molecule is COc1ccc(CN)cc1CN1CC(=O)NC(=O)C1. The molecular formula is C13H17N3O3. The van der Waals surface area contributed by atoms with Crippen LogP contribution in [0.25, 0.3) is 0 Å². The molecule has 0 saturated carbocycles. The van der Waals surface area contributed by atoms with Crippen molar-refractivity contribution in [2.24, 2.45) is 5.73 Å². The van der Waals surface area contributed by atoms with Gasteiger partial charge in [0.05, 0.1) is 20.2 Å². The fourth-order valence-electron chi connectivity index (χ4n) is 2.13. The van der Waals surface area contributed by atoms with Crippen molar-refractivity contribution in [2.45, 2.75) is 13.1 Å². The van der Waals surface area contributed by atoms with Gasteiger partial charge in [-0.25, -0.2) is 0 Å². The molecule has 1 aromatic rings. The van der Waals surface area contributed by atoms with Crippen LogP contribution >= 0.6 is 0 Å². The van der Waals surface area contributed by atoms with E-state index < -0.39 is 0 Å². The summed E-state index contributed by atoms with van der Waals surface area (Å²) in [7, 11) is 1.59. The molecule has 3 N–H and O–H groups in total.